The number of rotatable bonds is 1. The van der Waals surface area contributed by atoms with Crippen molar-refractivity contribution in [2.24, 2.45) is 0 Å². The molecule has 13 heavy (non-hydrogen) atoms. The van der Waals surface area contributed by atoms with E-state index in [-0.39, 0.29) is 5.56 Å². The van der Waals surface area contributed by atoms with Gasteiger partial charge in [0.25, 0.3) is 5.56 Å². The average Bonchev–Trinajstić information content (AvgIpc) is 2.52. The van der Waals surface area contributed by atoms with Gasteiger partial charge in [-0.3, -0.25) is 4.79 Å². The molecule has 2 heterocycles. The summed E-state index contributed by atoms with van der Waals surface area (Å²) in [6.45, 7) is 2.02. The summed E-state index contributed by atoms with van der Waals surface area (Å²) in [5.74, 6) is 0. The van der Waals surface area contributed by atoms with E-state index in [9.17, 15) is 4.79 Å². The molecule has 0 atom stereocenters. The Labute approximate surface area is 79.9 Å². The van der Waals surface area contributed by atoms with Crippen LogP contribution in [0.4, 0.5) is 0 Å². The fourth-order valence-electron chi connectivity index (χ4n) is 1.30. The molecule has 3 heteroatoms. The van der Waals surface area contributed by atoms with E-state index >= 15 is 0 Å². The van der Waals surface area contributed by atoms with Crippen LogP contribution in [-0.2, 0) is 0 Å². The maximum absolute atomic E-state index is 11.4. The summed E-state index contributed by atoms with van der Waals surface area (Å²) in [5, 5.41) is 2.00. The molecule has 2 nitrogen and oxygen atoms in total. The van der Waals surface area contributed by atoms with Gasteiger partial charge in [0.05, 0.1) is 0 Å². The minimum atomic E-state index is -0.0241. The van der Waals surface area contributed by atoms with Crippen LogP contribution in [0.25, 0.3) is 11.1 Å². The molecular formula is C10H9NOS. The number of thiophene rings is 1. The van der Waals surface area contributed by atoms with Gasteiger partial charge in [-0.1, -0.05) is 0 Å². The monoisotopic (exact) mass is 191 g/mol. The minimum absolute atomic E-state index is 0.0241. The predicted molar refractivity (Wildman–Crippen MR) is 55.1 cm³/mol. The third-order valence-electron chi connectivity index (χ3n) is 1.97. The molecule has 0 amide bonds. The summed E-state index contributed by atoms with van der Waals surface area (Å²) in [6, 6.07) is 5.66. The lowest BCUT2D eigenvalue weighted by Gasteiger charge is -1.96. The summed E-state index contributed by atoms with van der Waals surface area (Å²) in [7, 11) is 0. The van der Waals surface area contributed by atoms with Crippen molar-refractivity contribution in [2.75, 3.05) is 0 Å². The van der Waals surface area contributed by atoms with E-state index in [0.29, 0.717) is 0 Å². The number of aromatic nitrogens is 1. The van der Waals surface area contributed by atoms with Crippen LogP contribution in [0, 0.1) is 6.92 Å². The molecule has 0 fully saturated rings. The number of aryl methyl sites for hydroxylation is 1. The Kier molecular flexibility index (Phi) is 2.02. The van der Waals surface area contributed by atoms with Crippen LogP contribution in [0.2, 0.25) is 0 Å². The van der Waals surface area contributed by atoms with Crippen molar-refractivity contribution in [3.05, 3.63) is 45.0 Å². The zero-order valence-electron chi connectivity index (χ0n) is 7.20. The molecule has 0 bridgehead atoms. The van der Waals surface area contributed by atoms with Crippen molar-refractivity contribution in [3.8, 4) is 11.1 Å². The smallest absolute Gasteiger partial charge is 0.255 e. The van der Waals surface area contributed by atoms with Crippen molar-refractivity contribution in [1.82, 2.24) is 4.98 Å². The zero-order valence-corrected chi connectivity index (χ0v) is 8.02. The van der Waals surface area contributed by atoms with E-state index in [1.54, 1.807) is 17.5 Å². The number of nitrogens with one attached hydrogen (secondary N) is 1. The van der Waals surface area contributed by atoms with Crippen LogP contribution in [-0.4, -0.2) is 4.98 Å². The first-order chi connectivity index (χ1) is 6.29. The Morgan fingerprint density at radius 3 is 2.77 bits per heavy atom. The van der Waals surface area contributed by atoms with Gasteiger partial charge in [0.2, 0.25) is 0 Å². The summed E-state index contributed by atoms with van der Waals surface area (Å²) in [6.07, 6.45) is 1.65. The van der Waals surface area contributed by atoms with Gasteiger partial charge < -0.3 is 4.98 Å². The number of hydrogen-bond acceptors (Lipinski definition) is 2. The molecule has 2 aromatic rings. The summed E-state index contributed by atoms with van der Waals surface area (Å²) in [4.78, 5) is 15.3. The van der Waals surface area contributed by atoms with E-state index in [2.05, 4.69) is 4.98 Å². The number of aromatic amines is 1. The molecule has 2 aromatic heterocycles. The highest BCUT2D eigenvalue weighted by atomic mass is 32.1. The Bertz CT molecular complexity index is 470. The van der Waals surface area contributed by atoms with Gasteiger partial charge in [-0.2, -0.15) is 0 Å². The SMILES string of the molecule is Cc1sccc1-c1ccc[nH]c1=O. The van der Waals surface area contributed by atoms with E-state index in [1.165, 1.54) is 4.88 Å². The van der Waals surface area contributed by atoms with E-state index in [0.717, 1.165) is 11.1 Å². The maximum atomic E-state index is 11.4. The number of H-pyrrole nitrogens is 1. The van der Waals surface area contributed by atoms with Crippen molar-refractivity contribution >= 4 is 11.3 Å². The summed E-state index contributed by atoms with van der Waals surface area (Å²) >= 11 is 1.66. The van der Waals surface area contributed by atoms with Crippen molar-refractivity contribution in [2.45, 2.75) is 6.92 Å². The van der Waals surface area contributed by atoms with E-state index in [4.69, 9.17) is 0 Å². The molecule has 0 aliphatic rings. The second kappa shape index (κ2) is 3.18. The Morgan fingerprint density at radius 2 is 2.15 bits per heavy atom. The van der Waals surface area contributed by atoms with Crippen molar-refractivity contribution in [3.63, 3.8) is 0 Å². The number of pyridine rings is 1. The average molecular weight is 191 g/mol. The molecule has 0 aromatic carbocycles. The first-order valence-electron chi connectivity index (χ1n) is 4.01. The fraction of sp³-hybridized carbons (Fsp3) is 0.100. The highest BCUT2D eigenvalue weighted by Crippen LogP contribution is 2.24. The van der Waals surface area contributed by atoms with Gasteiger partial charge in [0.15, 0.2) is 0 Å². The van der Waals surface area contributed by atoms with Gasteiger partial charge >= 0.3 is 0 Å². The normalized spacial score (nSPS) is 10.2. The lowest BCUT2D eigenvalue weighted by atomic mass is 10.1. The van der Waals surface area contributed by atoms with Crippen LogP contribution in [0.5, 0.6) is 0 Å². The van der Waals surface area contributed by atoms with Crippen LogP contribution in [0.1, 0.15) is 4.88 Å². The van der Waals surface area contributed by atoms with Gasteiger partial charge in [-0.05, 0) is 30.5 Å². The fourth-order valence-corrected chi connectivity index (χ4v) is 2.01. The van der Waals surface area contributed by atoms with E-state index < -0.39 is 0 Å². The minimum Gasteiger partial charge on any atom is -0.329 e. The quantitative estimate of drug-likeness (QED) is 0.737. The molecule has 0 spiro atoms. The predicted octanol–water partition coefficient (Wildman–Crippen LogP) is 2.41. The molecule has 0 saturated carbocycles. The van der Waals surface area contributed by atoms with E-state index in [1.807, 2.05) is 30.5 Å². The molecule has 0 unspecified atom stereocenters. The lowest BCUT2D eigenvalue weighted by Crippen LogP contribution is -2.06. The van der Waals surface area contributed by atoms with Gasteiger partial charge in [0.1, 0.15) is 0 Å². The van der Waals surface area contributed by atoms with Crippen LogP contribution in [0.3, 0.4) is 0 Å². The first kappa shape index (κ1) is 8.26. The Hall–Kier alpha value is -1.35. The van der Waals surface area contributed by atoms with Gasteiger partial charge in [0, 0.05) is 22.2 Å². The molecule has 2 rings (SSSR count). The topological polar surface area (TPSA) is 32.9 Å². The molecule has 0 aliphatic carbocycles. The Balaban J connectivity index is 2.66. The zero-order chi connectivity index (χ0) is 9.26. The molecule has 66 valence electrons. The highest BCUT2D eigenvalue weighted by Gasteiger charge is 2.05. The number of hydrogen-bond donors (Lipinski definition) is 1. The largest absolute Gasteiger partial charge is 0.329 e. The first-order valence-corrected chi connectivity index (χ1v) is 4.89. The molecule has 1 N–H and O–H groups in total. The molecule has 0 aliphatic heterocycles. The van der Waals surface area contributed by atoms with Gasteiger partial charge in [-0.15, -0.1) is 11.3 Å². The van der Waals surface area contributed by atoms with Gasteiger partial charge in [-0.25, -0.2) is 0 Å². The van der Waals surface area contributed by atoms with Crippen molar-refractivity contribution in [1.29, 1.82) is 0 Å². The molecule has 0 radical (unpaired) electrons. The second-order valence-electron chi connectivity index (χ2n) is 2.80. The second-order valence-corrected chi connectivity index (χ2v) is 3.92. The standard InChI is InChI=1S/C10H9NOS/c1-7-8(4-6-13-7)9-3-2-5-11-10(9)12/h2-6H,1H3,(H,11,12). The third-order valence-corrected chi connectivity index (χ3v) is 2.81. The maximum Gasteiger partial charge on any atom is 0.255 e. The summed E-state index contributed by atoms with van der Waals surface area (Å²) in [5.41, 5.74) is 1.76. The molecular weight excluding hydrogens is 182 g/mol. The summed E-state index contributed by atoms with van der Waals surface area (Å²) < 4.78 is 0. The lowest BCUT2D eigenvalue weighted by molar-refractivity contribution is 1.24. The van der Waals surface area contributed by atoms with Crippen LogP contribution in [0.15, 0.2) is 34.6 Å². The highest BCUT2D eigenvalue weighted by molar-refractivity contribution is 7.10. The molecule has 0 saturated heterocycles. The van der Waals surface area contributed by atoms with Crippen molar-refractivity contribution < 1.29 is 0 Å². The Morgan fingerprint density at radius 1 is 1.31 bits per heavy atom. The van der Waals surface area contributed by atoms with Crippen LogP contribution < -0.4 is 5.56 Å². The third kappa shape index (κ3) is 1.42. The van der Waals surface area contributed by atoms with Crippen LogP contribution >= 0.6 is 11.3 Å².